The van der Waals surface area contributed by atoms with E-state index in [0.29, 0.717) is 23.0 Å². The highest BCUT2D eigenvalue weighted by Crippen LogP contribution is 2.20. The topological polar surface area (TPSA) is 88.5 Å². The molecule has 0 spiro atoms. The maximum atomic E-state index is 11.0. The lowest BCUT2D eigenvalue weighted by atomic mass is 10.2. The van der Waals surface area contributed by atoms with Crippen molar-refractivity contribution in [3.8, 4) is 17.7 Å². The maximum absolute atomic E-state index is 11.0. The molecule has 0 aromatic carbocycles. The highest BCUT2D eigenvalue weighted by molar-refractivity contribution is 6.31. The van der Waals surface area contributed by atoms with Crippen LogP contribution < -0.4 is 10.1 Å². The van der Waals surface area contributed by atoms with Gasteiger partial charge in [-0.25, -0.2) is 9.78 Å². The van der Waals surface area contributed by atoms with Gasteiger partial charge in [0.1, 0.15) is 10.7 Å². The fourth-order valence-electron chi connectivity index (χ4n) is 1.52. The molecule has 2 N–H and O–H groups in total. The first kappa shape index (κ1) is 19.6. The van der Waals surface area contributed by atoms with Crippen LogP contribution in [0.15, 0.2) is 12.1 Å². The molecule has 1 aliphatic heterocycles. The van der Waals surface area contributed by atoms with Crippen LogP contribution in [0.2, 0.25) is 5.02 Å². The zero-order valence-electron chi connectivity index (χ0n) is 12.3. The minimum atomic E-state index is -5.08. The number of nitrogens with zero attached hydrogens (tertiary/aromatic N) is 1. The fourth-order valence-corrected chi connectivity index (χ4v) is 1.70. The summed E-state index contributed by atoms with van der Waals surface area (Å²) in [5.74, 6) is 3.50. The molecule has 0 radical (unpaired) electrons. The lowest BCUT2D eigenvalue weighted by molar-refractivity contribution is -0.192. The van der Waals surface area contributed by atoms with E-state index in [1.165, 1.54) is 7.11 Å². The quantitative estimate of drug-likeness (QED) is 0.744. The minimum Gasteiger partial charge on any atom is -0.480 e. The van der Waals surface area contributed by atoms with E-state index in [1.807, 2.05) is 0 Å². The molecule has 1 fully saturated rings. The number of aliphatic carboxylic acids is 1. The molecule has 0 saturated carbocycles. The van der Waals surface area contributed by atoms with Crippen LogP contribution in [0.3, 0.4) is 0 Å². The average molecular weight is 365 g/mol. The molecule has 0 unspecified atom stereocenters. The van der Waals surface area contributed by atoms with Crippen molar-refractivity contribution in [1.29, 1.82) is 0 Å². The van der Waals surface area contributed by atoms with Gasteiger partial charge < -0.3 is 15.2 Å². The molecule has 1 atom stereocenters. The number of hydrogen-bond acceptors (Lipinski definition) is 4. The van der Waals surface area contributed by atoms with Gasteiger partial charge in [0, 0.05) is 6.42 Å². The molecule has 10 heteroatoms. The first-order chi connectivity index (χ1) is 11.1. The maximum Gasteiger partial charge on any atom is 0.490 e. The summed E-state index contributed by atoms with van der Waals surface area (Å²) in [5, 5.41) is 10.3. The zero-order valence-corrected chi connectivity index (χ0v) is 13.0. The molecular formula is C14H12ClF3N2O4. The molecule has 2 heterocycles. The van der Waals surface area contributed by atoms with Crippen molar-refractivity contribution in [2.75, 3.05) is 7.11 Å². The van der Waals surface area contributed by atoms with Gasteiger partial charge in [-0.15, -0.1) is 0 Å². The largest absolute Gasteiger partial charge is 0.490 e. The van der Waals surface area contributed by atoms with Crippen molar-refractivity contribution in [3.63, 3.8) is 0 Å². The Labute approximate surface area is 140 Å². The van der Waals surface area contributed by atoms with Gasteiger partial charge in [0.25, 0.3) is 0 Å². The summed E-state index contributed by atoms with van der Waals surface area (Å²) in [6.07, 6.45) is -3.80. The van der Waals surface area contributed by atoms with E-state index in [-0.39, 0.29) is 11.9 Å². The number of carbonyl (C=O) groups excluding carboxylic acids is 1. The second-order valence-electron chi connectivity index (χ2n) is 4.42. The Morgan fingerprint density at radius 1 is 1.50 bits per heavy atom. The monoisotopic (exact) mass is 364 g/mol. The third-order valence-corrected chi connectivity index (χ3v) is 2.91. The molecule has 6 nitrogen and oxygen atoms in total. The molecule has 0 bridgehead atoms. The predicted molar refractivity (Wildman–Crippen MR) is 77.5 cm³/mol. The Morgan fingerprint density at radius 3 is 2.58 bits per heavy atom. The Morgan fingerprint density at radius 2 is 2.12 bits per heavy atom. The third-order valence-electron chi connectivity index (χ3n) is 2.62. The van der Waals surface area contributed by atoms with Crippen molar-refractivity contribution in [3.05, 3.63) is 22.8 Å². The minimum absolute atomic E-state index is 0.0472. The van der Waals surface area contributed by atoms with Gasteiger partial charge in [0.05, 0.1) is 13.2 Å². The van der Waals surface area contributed by atoms with Crippen molar-refractivity contribution < 1.29 is 32.6 Å². The molecule has 1 aromatic heterocycles. The number of amides is 1. The number of alkyl halides is 3. The van der Waals surface area contributed by atoms with Gasteiger partial charge in [-0.3, -0.25) is 4.79 Å². The number of halogens is 4. The van der Waals surface area contributed by atoms with Crippen LogP contribution in [0.4, 0.5) is 13.2 Å². The average Bonchev–Trinajstić information content (AvgIpc) is 2.91. The first-order valence-corrected chi connectivity index (χ1v) is 6.83. The molecule has 24 heavy (non-hydrogen) atoms. The van der Waals surface area contributed by atoms with Gasteiger partial charge in [-0.05, 0) is 24.5 Å². The van der Waals surface area contributed by atoms with E-state index in [1.54, 1.807) is 12.1 Å². The van der Waals surface area contributed by atoms with Crippen molar-refractivity contribution in [2.24, 2.45) is 0 Å². The molecule has 1 saturated heterocycles. The standard InChI is InChI=1S/C12H11ClN2O2.C2HF3O2/c1-17-12-10(13)6-4-9(15-12)3-2-8-5-7-11(16)14-8;3-2(4,5)1(6)7/h4,6,8H,5,7H2,1H3,(H,14,16);(H,6,7)/t8-;/m0./s1. The van der Waals surface area contributed by atoms with Crippen LogP contribution in [-0.2, 0) is 9.59 Å². The van der Waals surface area contributed by atoms with Crippen LogP contribution in [0.1, 0.15) is 18.5 Å². The molecule has 1 aliphatic rings. The van der Waals surface area contributed by atoms with Gasteiger partial charge in [-0.1, -0.05) is 17.5 Å². The molecule has 1 aromatic rings. The summed E-state index contributed by atoms with van der Waals surface area (Å²) in [5.41, 5.74) is 0.576. The lowest BCUT2D eigenvalue weighted by Gasteiger charge is -2.01. The normalized spacial score (nSPS) is 16.2. The van der Waals surface area contributed by atoms with Crippen LogP contribution in [0.25, 0.3) is 0 Å². The zero-order chi connectivity index (χ0) is 18.3. The number of ether oxygens (including phenoxy) is 1. The van der Waals surface area contributed by atoms with E-state index in [2.05, 4.69) is 22.1 Å². The second-order valence-corrected chi connectivity index (χ2v) is 4.83. The Balaban J connectivity index is 0.000000351. The highest BCUT2D eigenvalue weighted by Gasteiger charge is 2.38. The summed E-state index contributed by atoms with van der Waals surface area (Å²) < 4.78 is 36.7. The lowest BCUT2D eigenvalue weighted by Crippen LogP contribution is -2.23. The molecule has 130 valence electrons. The van der Waals surface area contributed by atoms with Crippen LogP contribution >= 0.6 is 11.6 Å². The van der Waals surface area contributed by atoms with Crippen LogP contribution in [0, 0.1) is 11.8 Å². The number of pyridine rings is 1. The van der Waals surface area contributed by atoms with Crippen molar-refractivity contribution in [1.82, 2.24) is 10.3 Å². The number of methoxy groups -OCH3 is 1. The molecule has 2 rings (SSSR count). The number of hydrogen-bond donors (Lipinski definition) is 2. The highest BCUT2D eigenvalue weighted by atomic mass is 35.5. The third kappa shape index (κ3) is 6.34. The van der Waals surface area contributed by atoms with Gasteiger partial charge in [0.15, 0.2) is 0 Å². The van der Waals surface area contributed by atoms with E-state index in [9.17, 15) is 18.0 Å². The Bertz CT molecular complexity index is 683. The van der Waals surface area contributed by atoms with Crippen molar-refractivity contribution in [2.45, 2.75) is 25.1 Å². The van der Waals surface area contributed by atoms with Crippen LogP contribution in [-0.4, -0.2) is 41.3 Å². The van der Waals surface area contributed by atoms with Gasteiger partial charge in [0.2, 0.25) is 11.8 Å². The van der Waals surface area contributed by atoms with Gasteiger partial charge >= 0.3 is 12.1 Å². The first-order valence-electron chi connectivity index (χ1n) is 6.45. The number of aromatic nitrogens is 1. The summed E-state index contributed by atoms with van der Waals surface area (Å²) in [6, 6.07) is 3.32. The van der Waals surface area contributed by atoms with E-state index in [4.69, 9.17) is 26.2 Å². The number of carbonyl (C=O) groups is 2. The van der Waals surface area contributed by atoms with Gasteiger partial charge in [-0.2, -0.15) is 13.2 Å². The number of carboxylic acids is 1. The summed E-state index contributed by atoms with van der Waals surface area (Å²) in [7, 11) is 1.50. The molecule has 0 aliphatic carbocycles. The predicted octanol–water partition coefficient (Wildman–Crippen LogP) is 2.01. The smallest absolute Gasteiger partial charge is 0.480 e. The summed E-state index contributed by atoms with van der Waals surface area (Å²) in [4.78, 5) is 24.0. The number of nitrogens with one attached hydrogen (secondary N) is 1. The van der Waals surface area contributed by atoms with E-state index >= 15 is 0 Å². The Kier molecular flexibility index (Phi) is 6.85. The molecular weight excluding hydrogens is 353 g/mol. The molecule has 1 amide bonds. The second kappa shape index (κ2) is 8.40. The van der Waals surface area contributed by atoms with E-state index in [0.717, 1.165) is 6.42 Å². The number of carboxylic acid groups (broad SMARTS) is 1. The SMILES string of the molecule is COc1nc(C#C[C@H]2CCC(=O)N2)ccc1Cl.O=C(O)C(F)(F)F. The van der Waals surface area contributed by atoms with Crippen LogP contribution in [0.5, 0.6) is 5.88 Å². The summed E-state index contributed by atoms with van der Waals surface area (Å²) >= 11 is 5.85. The fraction of sp³-hybridized carbons (Fsp3) is 0.357. The van der Waals surface area contributed by atoms with E-state index < -0.39 is 12.1 Å². The van der Waals surface area contributed by atoms with Crippen molar-refractivity contribution >= 4 is 23.5 Å². The Hall–Kier alpha value is -2.47. The summed E-state index contributed by atoms with van der Waals surface area (Å²) in [6.45, 7) is 0. The number of rotatable bonds is 1.